The third-order valence-corrected chi connectivity index (χ3v) is 14.2. The highest BCUT2D eigenvalue weighted by Crippen LogP contribution is 2.52. The number of thiophene rings is 1. The van der Waals surface area contributed by atoms with Crippen LogP contribution in [0.3, 0.4) is 0 Å². The van der Waals surface area contributed by atoms with Crippen molar-refractivity contribution in [3.05, 3.63) is 141 Å². The van der Waals surface area contributed by atoms with Gasteiger partial charge in [0.15, 0.2) is 11.6 Å². The number of ether oxygens (including phenoxy) is 5. The first-order valence-corrected chi connectivity index (χ1v) is 23.5. The van der Waals surface area contributed by atoms with Gasteiger partial charge >= 0.3 is 5.97 Å². The number of nitrogens with zero attached hydrogens (tertiary/aromatic N) is 6. The number of piperazine rings is 1. The topological polar surface area (TPSA) is 141 Å². The van der Waals surface area contributed by atoms with Gasteiger partial charge in [-0.3, -0.25) is 4.90 Å². The summed E-state index contributed by atoms with van der Waals surface area (Å²) >= 11 is 16.0. The van der Waals surface area contributed by atoms with E-state index in [4.69, 9.17) is 51.9 Å². The van der Waals surface area contributed by atoms with Crippen LogP contribution in [0.15, 0.2) is 91.9 Å². The number of carboxylic acid groups (broad SMARTS) is 1. The van der Waals surface area contributed by atoms with Crippen molar-refractivity contribution in [2.45, 2.75) is 39.1 Å². The summed E-state index contributed by atoms with van der Waals surface area (Å²) in [6.07, 6.45) is 0.776. The molecule has 0 radical (unpaired) electrons. The molecule has 350 valence electrons. The van der Waals surface area contributed by atoms with Gasteiger partial charge in [-0.1, -0.05) is 54.0 Å². The third kappa shape index (κ3) is 9.67. The van der Waals surface area contributed by atoms with Crippen LogP contribution >= 0.6 is 34.5 Å². The monoisotopic (exact) mass is 976 g/mol. The molecule has 0 saturated carbocycles. The van der Waals surface area contributed by atoms with Crippen molar-refractivity contribution in [2.75, 3.05) is 53.5 Å². The van der Waals surface area contributed by atoms with Gasteiger partial charge in [0.2, 0.25) is 12.0 Å². The average Bonchev–Trinajstić information content (AvgIpc) is 3.73. The molecule has 17 heteroatoms. The fraction of sp³-hybridized carbons (Fsp3) is 0.275. The number of likely N-dealkylation sites (N-methyl/N-ethyl adjacent to an activating group) is 1. The molecule has 1 saturated heterocycles. The summed E-state index contributed by atoms with van der Waals surface area (Å²) in [7, 11) is 3.69. The highest BCUT2D eigenvalue weighted by Gasteiger charge is 2.32. The third-order valence-electron chi connectivity index (χ3n) is 12.2. The van der Waals surface area contributed by atoms with E-state index in [1.165, 1.54) is 29.8 Å². The number of para-hydroxylation sites is 1. The van der Waals surface area contributed by atoms with Gasteiger partial charge in [0.25, 0.3) is 0 Å². The molecule has 3 aliphatic rings. The molecule has 68 heavy (non-hydrogen) atoms. The molecule has 1 fully saturated rings. The van der Waals surface area contributed by atoms with Gasteiger partial charge in [-0.05, 0) is 97.3 Å². The first-order valence-electron chi connectivity index (χ1n) is 21.9. The largest absolute Gasteiger partial charge is 0.496 e. The second-order valence-electron chi connectivity index (χ2n) is 16.7. The Kier molecular flexibility index (Phi) is 13.8. The quantitative estimate of drug-likeness (QED) is 0.139. The van der Waals surface area contributed by atoms with Gasteiger partial charge in [0.05, 0.1) is 33.8 Å². The molecule has 3 aliphatic heterocycles. The molecule has 4 bridgehead atoms. The molecule has 0 amide bonds. The van der Waals surface area contributed by atoms with Gasteiger partial charge in [0.1, 0.15) is 53.5 Å². The van der Waals surface area contributed by atoms with E-state index in [2.05, 4.69) is 38.4 Å². The standard InChI is InChI=1S/C51H47Cl2FN6O7S/c1-28(31-10-12-33(54)13-11-31)47-42-41-29(2)44(52)46(45(53)30(41)3)66-36(24-60-20-18-59(4)19-21-60)26-64-35-14-15-38(65-25-34-16-17-55-48(58-34)37-8-6-7-9-39(37)63-5)32(22-35)23-40(51(61)62)67-49-43(42)50(68-47)57-27-56-49/h6-17,22,27,36,40H,1,18-21,23-26H2,2-5H3,(H,61,62)/t36-,40-/m1/s1. The number of rotatable bonds is 10. The number of benzene rings is 4. The minimum absolute atomic E-state index is 0.00876. The summed E-state index contributed by atoms with van der Waals surface area (Å²) in [5.74, 6) is 0.583. The van der Waals surface area contributed by atoms with Gasteiger partial charge in [0, 0.05) is 61.3 Å². The van der Waals surface area contributed by atoms with E-state index in [0.717, 1.165) is 31.7 Å². The summed E-state index contributed by atoms with van der Waals surface area (Å²) in [5.41, 5.74) is 5.48. The van der Waals surface area contributed by atoms with Crippen LogP contribution in [0.1, 0.15) is 32.8 Å². The van der Waals surface area contributed by atoms with Gasteiger partial charge in [-0.25, -0.2) is 29.1 Å². The van der Waals surface area contributed by atoms with E-state index in [9.17, 15) is 14.3 Å². The number of fused-ring (bicyclic) bond motifs is 7. The average molecular weight is 978 g/mol. The first kappa shape index (κ1) is 46.7. The summed E-state index contributed by atoms with van der Waals surface area (Å²) in [4.78, 5) is 37.6. The Morgan fingerprint density at radius 2 is 1.69 bits per heavy atom. The van der Waals surface area contributed by atoms with E-state index in [0.29, 0.717) is 95.1 Å². The normalized spacial score (nSPS) is 16.6. The Balaban J connectivity index is 1.17. The highest BCUT2D eigenvalue weighted by atomic mass is 35.5. The first-order chi connectivity index (χ1) is 32.9. The van der Waals surface area contributed by atoms with Crippen molar-refractivity contribution in [1.29, 1.82) is 0 Å². The number of carboxylic acids is 1. The molecule has 13 nitrogen and oxygen atoms in total. The number of aliphatic carboxylic acids is 1. The molecule has 4 aromatic carbocycles. The Hall–Kier alpha value is -6.36. The molecule has 0 aliphatic carbocycles. The van der Waals surface area contributed by atoms with E-state index >= 15 is 0 Å². The molecular weight excluding hydrogens is 931 g/mol. The van der Waals surface area contributed by atoms with E-state index in [-0.39, 0.29) is 35.6 Å². The lowest BCUT2D eigenvalue weighted by Crippen LogP contribution is -2.49. The smallest absolute Gasteiger partial charge is 0.345 e. The zero-order chi connectivity index (χ0) is 47.6. The van der Waals surface area contributed by atoms with Crippen LogP contribution in [0.25, 0.3) is 38.3 Å². The minimum Gasteiger partial charge on any atom is -0.496 e. The van der Waals surface area contributed by atoms with E-state index < -0.39 is 24.0 Å². The molecule has 3 aromatic heterocycles. The Labute approximate surface area is 406 Å². The minimum atomic E-state index is -1.49. The maximum absolute atomic E-state index is 14.2. The van der Waals surface area contributed by atoms with Crippen LogP contribution in [-0.2, 0) is 17.8 Å². The zero-order valence-electron chi connectivity index (χ0n) is 37.7. The number of hydrogen-bond acceptors (Lipinski definition) is 13. The van der Waals surface area contributed by atoms with Crippen molar-refractivity contribution in [2.24, 2.45) is 0 Å². The van der Waals surface area contributed by atoms with Crippen LogP contribution < -0.4 is 23.7 Å². The molecular formula is C51H47Cl2FN6O7S. The van der Waals surface area contributed by atoms with Crippen LogP contribution in [0.4, 0.5) is 4.39 Å². The predicted molar refractivity (Wildman–Crippen MR) is 261 cm³/mol. The lowest BCUT2D eigenvalue weighted by molar-refractivity contribution is -0.145. The fourth-order valence-electron chi connectivity index (χ4n) is 8.49. The molecule has 0 spiro atoms. The van der Waals surface area contributed by atoms with Crippen LogP contribution in [-0.4, -0.2) is 107 Å². The van der Waals surface area contributed by atoms with Gasteiger partial charge in [-0.2, -0.15) is 0 Å². The summed E-state index contributed by atoms with van der Waals surface area (Å²) in [6, 6.07) is 20.5. The number of aromatic nitrogens is 4. The summed E-state index contributed by atoms with van der Waals surface area (Å²) < 4.78 is 46.1. The molecule has 2 atom stereocenters. The van der Waals surface area contributed by atoms with Crippen LogP contribution in [0, 0.1) is 19.7 Å². The maximum Gasteiger partial charge on any atom is 0.345 e. The van der Waals surface area contributed by atoms with Crippen molar-refractivity contribution in [3.8, 4) is 51.4 Å². The number of carbonyl (C=O) groups is 1. The van der Waals surface area contributed by atoms with Crippen molar-refractivity contribution >= 4 is 56.3 Å². The second kappa shape index (κ2) is 20.1. The molecule has 0 unspecified atom stereocenters. The SMILES string of the molecule is C=C(c1ccc(F)cc1)c1sc2ncnc3c2c1-c1c(C)c(Cl)c(c(Cl)c1C)O[C@H](CN1CCN(C)CC1)COc1ccc(OCc2ccnc(-c4ccccc4OC)n2)c(c1)C[C@H](C(=O)O)O3. The number of hydrogen-bond donors (Lipinski definition) is 1. The number of methoxy groups -OCH3 is 1. The van der Waals surface area contributed by atoms with Crippen LogP contribution in [0.2, 0.25) is 10.0 Å². The summed E-state index contributed by atoms with van der Waals surface area (Å²) in [5, 5.41) is 11.9. The molecule has 7 aromatic rings. The van der Waals surface area contributed by atoms with Crippen molar-refractivity contribution in [3.63, 3.8) is 0 Å². The lowest BCUT2D eigenvalue weighted by Gasteiger charge is -2.35. The van der Waals surface area contributed by atoms with Gasteiger partial charge < -0.3 is 33.7 Å². The number of halogens is 3. The summed E-state index contributed by atoms with van der Waals surface area (Å²) in [6.45, 7) is 12.3. The van der Waals surface area contributed by atoms with Crippen molar-refractivity contribution < 1.29 is 38.0 Å². The Morgan fingerprint density at radius 3 is 2.43 bits per heavy atom. The van der Waals surface area contributed by atoms with Gasteiger partial charge in [-0.15, -0.1) is 11.3 Å². The Bertz CT molecular complexity index is 3010. The van der Waals surface area contributed by atoms with Crippen LogP contribution in [0.5, 0.6) is 28.9 Å². The maximum atomic E-state index is 14.2. The predicted octanol–water partition coefficient (Wildman–Crippen LogP) is 9.99. The fourth-order valence-corrected chi connectivity index (χ4v) is 10.1. The van der Waals surface area contributed by atoms with Crippen molar-refractivity contribution in [1.82, 2.24) is 29.7 Å². The van der Waals surface area contributed by atoms with E-state index in [1.54, 1.807) is 49.7 Å². The lowest BCUT2D eigenvalue weighted by atomic mass is 9.90. The molecule has 1 N–H and O–H groups in total. The van der Waals surface area contributed by atoms with E-state index in [1.807, 2.05) is 38.1 Å². The highest BCUT2D eigenvalue weighted by molar-refractivity contribution is 7.20. The molecule has 10 rings (SSSR count). The second-order valence-corrected chi connectivity index (χ2v) is 18.4. The molecule has 6 heterocycles. The zero-order valence-corrected chi connectivity index (χ0v) is 40.1. The Morgan fingerprint density at radius 1 is 0.941 bits per heavy atom.